The van der Waals surface area contributed by atoms with Crippen molar-refractivity contribution in [2.24, 2.45) is 0 Å². The summed E-state index contributed by atoms with van der Waals surface area (Å²) in [6.07, 6.45) is 4.84. The summed E-state index contributed by atoms with van der Waals surface area (Å²) in [6, 6.07) is 3.15. The molecule has 1 saturated carbocycles. The molecule has 0 radical (unpaired) electrons. The zero-order valence-corrected chi connectivity index (χ0v) is 21.2. The number of pyridine rings is 1. The Morgan fingerprint density at radius 2 is 1.78 bits per heavy atom. The first-order chi connectivity index (χ1) is 15.3. The molecule has 2 N–H and O–H groups in total. The van der Waals surface area contributed by atoms with Crippen LogP contribution < -0.4 is 15.8 Å². The highest BCUT2D eigenvalue weighted by atomic mass is 32.1. The van der Waals surface area contributed by atoms with Crippen LogP contribution in [0.3, 0.4) is 0 Å². The molecule has 0 spiro atoms. The second-order valence-corrected chi connectivity index (χ2v) is 9.88. The summed E-state index contributed by atoms with van der Waals surface area (Å²) < 4.78 is 0. The van der Waals surface area contributed by atoms with Crippen molar-refractivity contribution < 1.29 is 4.79 Å². The monoisotopic (exact) mass is 458 g/mol. The summed E-state index contributed by atoms with van der Waals surface area (Å²) in [6.45, 7) is 12.5. The number of nitrogens with one attached hydrogen (secondary N) is 2. The zero-order chi connectivity index (χ0) is 23.4. The molecule has 7 heteroatoms. The van der Waals surface area contributed by atoms with Crippen LogP contribution in [0.5, 0.6) is 0 Å². The van der Waals surface area contributed by atoms with Gasteiger partial charge in [0, 0.05) is 41.8 Å². The molecule has 1 fully saturated rings. The average Bonchev–Trinajstić information content (AvgIpc) is 3.14. The molecule has 1 aliphatic rings. The maximum Gasteiger partial charge on any atom is 0.253 e. The van der Waals surface area contributed by atoms with E-state index in [-0.39, 0.29) is 18.0 Å². The lowest BCUT2D eigenvalue weighted by Gasteiger charge is -2.40. The smallest absolute Gasteiger partial charge is 0.253 e. The van der Waals surface area contributed by atoms with Crippen molar-refractivity contribution in [1.82, 2.24) is 15.2 Å². The van der Waals surface area contributed by atoms with Crippen LogP contribution in [0.2, 0.25) is 0 Å². The van der Waals surface area contributed by atoms with Gasteiger partial charge < -0.3 is 20.1 Å². The third kappa shape index (κ3) is 5.26. The first-order valence-corrected chi connectivity index (χ1v) is 12.7. The van der Waals surface area contributed by atoms with Crippen molar-refractivity contribution >= 4 is 22.2 Å². The van der Waals surface area contributed by atoms with Crippen molar-refractivity contribution in [2.45, 2.75) is 78.9 Å². The van der Waals surface area contributed by atoms with Crippen LogP contribution in [0.1, 0.15) is 72.3 Å². The second-order valence-electron chi connectivity index (χ2n) is 9.03. The lowest BCUT2D eigenvalue weighted by atomic mass is 9.89. The van der Waals surface area contributed by atoms with E-state index in [2.05, 4.69) is 41.0 Å². The fraction of sp³-hybridized carbons (Fsp3) is 0.600. The maximum absolute atomic E-state index is 12.9. The predicted molar refractivity (Wildman–Crippen MR) is 134 cm³/mol. The number of aromatic amines is 1. The van der Waals surface area contributed by atoms with E-state index in [9.17, 15) is 9.59 Å². The topological polar surface area (TPSA) is 68.4 Å². The molecule has 3 rings (SSSR count). The minimum absolute atomic E-state index is 0.117. The van der Waals surface area contributed by atoms with Crippen LogP contribution in [-0.2, 0) is 6.54 Å². The molecule has 0 aromatic carbocycles. The molecule has 0 aliphatic heterocycles. The van der Waals surface area contributed by atoms with Crippen molar-refractivity contribution in [2.75, 3.05) is 25.0 Å². The molecule has 0 unspecified atom stereocenters. The van der Waals surface area contributed by atoms with Crippen LogP contribution in [0, 0.1) is 20.8 Å². The van der Waals surface area contributed by atoms with Gasteiger partial charge in [-0.25, -0.2) is 0 Å². The van der Waals surface area contributed by atoms with Crippen molar-refractivity contribution in [1.29, 1.82) is 0 Å². The number of aryl methyl sites for hydroxylation is 2. The van der Waals surface area contributed by atoms with E-state index in [0.717, 1.165) is 29.9 Å². The fourth-order valence-corrected chi connectivity index (χ4v) is 6.13. The molecular formula is C25H38N4O2S. The summed E-state index contributed by atoms with van der Waals surface area (Å²) in [7, 11) is 2.23. The largest absolute Gasteiger partial charge is 0.361 e. The van der Waals surface area contributed by atoms with Gasteiger partial charge in [-0.3, -0.25) is 9.59 Å². The highest BCUT2D eigenvalue weighted by Crippen LogP contribution is 2.36. The van der Waals surface area contributed by atoms with Gasteiger partial charge in [0.2, 0.25) is 0 Å². The van der Waals surface area contributed by atoms with Gasteiger partial charge in [0.25, 0.3) is 11.5 Å². The van der Waals surface area contributed by atoms with E-state index in [4.69, 9.17) is 0 Å². The van der Waals surface area contributed by atoms with E-state index in [1.54, 1.807) is 11.3 Å². The van der Waals surface area contributed by atoms with Crippen LogP contribution in [0.15, 0.2) is 16.2 Å². The molecular weight excluding hydrogens is 420 g/mol. The van der Waals surface area contributed by atoms with E-state index < -0.39 is 0 Å². The zero-order valence-electron chi connectivity index (χ0n) is 20.4. The van der Waals surface area contributed by atoms with Crippen molar-refractivity contribution in [3.05, 3.63) is 49.7 Å². The molecule has 1 amide bonds. The van der Waals surface area contributed by atoms with Crippen LogP contribution in [0.4, 0.5) is 5.00 Å². The number of rotatable bonds is 8. The molecule has 0 bridgehead atoms. The fourth-order valence-electron chi connectivity index (χ4n) is 4.92. The number of H-pyrrole nitrogens is 1. The van der Waals surface area contributed by atoms with Gasteiger partial charge in [-0.1, -0.05) is 6.92 Å². The first-order valence-electron chi connectivity index (χ1n) is 11.8. The SMILES string of the molecule is CCN(C)C1CCC(N(CC)c2scc(C(=O)NCc3c(C)cc(C)[nH]c3=O)c2C)CC1. The van der Waals surface area contributed by atoms with Gasteiger partial charge in [0.15, 0.2) is 0 Å². The number of carbonyl (C=O) groups is 1. The normalized spacial score (nSPS) is 18.7. The standard InChI is InChI=1S/C25H38N4O2S/c1-7-28(6)19-9-11-20(12-10-19)29(8-2)25-18(5)22(15-32-25)23(30)26-14-21-16(3)13-17(4)27-24(21)31/h13,15,19-20H,7-12,14H2,1-6H3,(H,26,30)(H,27,31). The minimum Gasteiger partial charge on any atom is -0.361 e. The molecule has 2 aromatic rings. The van der Waals surface area contributed by atoms with E-state index in [1.807, 2.05) is 32.2 Å². The Labute approximate surface area is 196 Å². The summed E-state index contributed by atoms with van der Waals surface area (Å²) >= 11 is 1.66. The molecule has 0 saturated heterocycles. The molecule has 2 heterocycles. The molecule has 1 aliphatic carbocycles. The van der Waals surface area contributed by atoms with Crippen LogP contribution >= 0.6 is 11.3 Å². The number of carbonyl (C=O) groups excluding carboxylic acids is 1. The lowest BCUT2D eigenvalue weighted by molar-refractivity contribution is 0.0950. The number of amides is 1. The number of thiophene rings is 1. The third-order valence-corrected chi connectivity index (χ3v) is 8.13. The second kappa shape index (κ2) is 10.7. The van der Waals surface area contributed by atoms with E-state index in [1.165, 1.54) is 30.7 Å². The van der Waals surface area contributed by atoms with Crippen molar-refractivity contribution in [3.8, 4) is 0 Å². The van der Waals surface area contributed by atoms with Gasteiger partial charge in [-0.2, -0.15) is 0 Å². The van der Waals surface area contributed by atoms with Crippen molar-refractivity contribution in [3.63, 3.8) is 0 Å². The Morgan fingerprint density at radius 3 is 2.38 bits per heavy atom. The Morgan fingerprint density at radius 1 is 1.12 bits per heavy atom. The van der Waals surface area contributed by atoms with E-state index in [0.29, 0.717) is 23.2 Å². The minimum atomic E-state index is -0.132. The quantitative estimate of drug-likeness (QED) is 0.616. The molecule has 176 valence electrons. The summed E-state index contributed by atoms with van der Waals surface area (Å²) in [5.74, 6) is -0.117. The summed E-state index contributed by atoms with van der Waals surface area (Å²) in [5, 5.41) is 6.12. The molecule has 6 nitrogen and oxygen atoms in total. The lowest BCUT2D eigenvalue weighted by Crippen LogP contribution is -2.43. The van der Waals surface area contributed by atoms with Gasteiger partial charge in [0.05, 0.1) is 10.6 Å². The Bertz CT molecular complexity index is 988. The number of anilines is 1. The highest BCUT2D eigenvalue weighted by Gasteiger charge is 2.29. The van der Waals surface area contributed by atoms with Gasteiger partial charge in [0.1, 0.15) is 0 Å². The number of hydrogen-bond acceptors (Lipinski definition) is 5. The summed E-state index contributed by atoms with van der Waals surface area (Å²) in [5.41, 5.74) is 3.96. The Hall–Kier alpha value is -2.12. The van der Waals surface area contributed by atoms with E-state index >= 15 is 0 Å². The number of hydrogen-bond donors (Lipinski definition) is 2. The maximum atomic E-state index is 12.9. The average molecular weight is 459 g/mol. The Balaban J connectivity index is 1.68. The molecule has 2 aromatic heterocycles. The predicted octanol–water partition coefficient (Wildman–Crippen LogP) is 4.38. The van der Waals surface area contributed by atoms with Crippen LogP contribution in [-0.4, -0.2) is 48.0 Å². The molecule has 32 heavy (non-hydrogen) atoms. The third-order valence-electron chi connectivity index (χ3n) is 7.01. The first kappa shape index (κ1) is 24.5. The van der Waals surface area contributed by atoms with Gasteiger partial charge in [-0.15, -0.1) is 11.3 Å². The Kier molecular flexibility index (Phi) is 8.17. The highest BCUT2D eigenvalue weighted by molar-refractivity contribution is 7.14. The number of aromatic nitrogens is 1. The number of nitrogens with zero attached hydrogens (tertiary/aromatic N) is 2. The summed E-state index contributed by atoms with van der Waals surface area (Å²) in [4.78, 5) is 33.0. The van der Waals surface area contributed by atoms with Crippen LogP contribution in [0.25, 0.3) is 0 Å². The van der Waals surface area contributed by atoms with Gasteiger partial charge >= 0.3 is 0 Å². The molecule has 0 atom stereocenters. The van der Waals surface area contributed by atoms with Gasteiger partial charge in [-0.05, 0) is 84.2 Å².